The predicted octanol–water partition coefficient (Wildman–Crippen LogP) is 2.18. The normalized spacial score (nSPS) is 22.8. The van der Waals surface area contributed by atoms with Gasteiger partial charge in [0.2, 0.25) is 5.95 Å². The van der Waals surface area contributed by atoms with Gasteiger partial charge < -0.3 is 9.88 Å². The van der Waals surface area contributed by atoms with Gasteiger partial charge in [0.15, 0.2) is 0 Å². The Morgan fingerprint density at radius 3 is 2.77 bits per heavy atom. The molecule has 70 valence electrons. The second kappa shape index (κ2) is 2.76. The third-order valence-corrected chi connectivity index (χ3v) is 3.05. The number of hydrogen-bond donors (Lipinski definition) is 1. The van der Waals surface area contributed by atoms with Crippen LogP contribution in [0.3, 0.4) is 0 Å². The highest BCUT2D eigenvalue weighted by molar-refractivity contribution is 5.30. The zero-order valence-electron chi connectivity index (χ0n) is 7.74. The first kappa shape index (κ1) is 7.42. The highest BCUT2D eigenvalue weighted by atomic mass is 15.2. The largest absolute Gasteiger partial charge is 0.353 e. The fourth-order valence-electron chi connectivity index (χ4n) is 1.81. The molecule has 2 fully saturated rings. The minimum absolute atomic E-state index is 0.694. The summed E-state index contributed by atoms with van der Waals surface area (Å²) in [4.78, 5) is 4.35. The second-order valence-electron chi connectivity index (χ2n) is 4.16. The van der Waals surface area contributed by atoms with Crippen LogP contribution in [0.25, 0.3) is 0 Å². The molecule has 1 aromatic heterocycles. The van der Waals surface area contributed by atoms with Gasteiger partial charge in [0.25, 0.3) is 0 Å². The molecule has 1 N–H and O–H groups in total. The Hall–Kier alpha value is -0.990. The molecule has 0 amide bonds. The van der Waals surface area contributed by atoms with Crippen molar-refractivity contribution in [1.82, 2.24) is 9.55 Å². The van der Waals surface area contributed by atoms with Crippen molar-refractivity contribution in [2.45, 2.75) is 44.2 Å². The molecule has 1 aromatic rings. The van der Waals surface area contributed by atoms with Crippen molar-refractivity contribution in [1.29, 1.82) is 0 Å². The summed E-state index contributed by atoms with van der Waals surface area (Å²) in [7, 11) is 0. The molecule has 0 spiro atoms. The predicted molar refractivity (Wildman–Crippen MR) is 51.8 cm³/mol. The summed E-state index contributed by atoms with van der Waals surface area (Å²) < 4.78 is 2.29. The number of hydrogen-bond acceptors (Lipinski definition) is 2. The monoisotopic (exact) mass is 177 g/mol. The topological polar surface area (TPSA) is 29.9 Å². The van der Waals surface area contributed by atoms with Gasteiger partial charge in [0.1, 0.15) is 0 Å². The average molecular weight is 177 g/mol. The van der Waals surface area contributed by atoms with Crippen molar-refractivity contribution in [3.8, 4) is 0 Å². The van der Waals surface area contributed by atoms with Crippen LogP contribution in [0.2, 0.25) is 0 Å². The Balaban J connectivity index is 1.74. The van der Waals surface area contributed by atoms with Crippen molar-refractivity contribution in [3.63, 3.8) is 0 Å². The lowest BCUT2D eigenvalue weighted by Crippen LogP contribution is -2.28. The molecule has 3 heteroatoms. The van der Waals surface area contributed by atoms with Crippen molar-refractivity contribution in [3.05, 3.63) is 12.4 Å². The minimum Gasteiger partial charge on any atom is -0.353 e. The first-order valence-corrected chi connectivity index (χ1v) is 5.23. The maximum atomic E-state index is 4.35. The second-order valence-corrected chi connectivity index (χ2v) is 4.16. The van der Waals surface area contributed by atoms with Gasteiger partial charge in [0.05, 0.1) is 0 Å². The molecule has 3 rings (SSSR count). The first-order chi connectivity index (χ1) is 6.43. The van der Waals surface area contributed by atoms with E-state index in [4.69, 9.17) is 0 Å². The first-order valence-electron chi connectivity index (χ1n) is 5.23. The number of rotatable bonds is 3. The number of nitrogens with one attached hydrogen (secondary N) is 1. The maximum absolute atomic E-state index is 4.35. The molecule has 13 heavy (non-hydrogen) atoms. The fraction of sp³-hybridized carbons (Fsp3) is 0.700. The van der Waals surface area contributed by atoms with E-state index in [1.54, 1.807) is 0 Å². The molecule has 0 radical (unpaired) electrons. The van der Waals surface area contributed by atoms with Crippen LogP contribution in [0.1, 0.15) is 38.1 Å². The van der Waals surface area contributed by atoms with Gasteiger partial charge in [-0.15, -0.1) is 0 Å². The highest BCUT2D eigenvalue weighted by Crippen LogP contribution is 2.37. The minimum atomic E-state index is 0.694. The van der Waals surface area contributed by atoms with E-state index in [2.05, 4.69) is 21.1 Å². The van der Waals surface area contributed by atoms with Gasteiger partial charge in [-0.05, 0) is 32.1 Å². The quantitative estimate of drug-likeness (QED) is 0.767. The Morgan fingerprint density at radius 2 is 2.15 bits per heavy atom. The molecule has 0 atom stereocenters. The SMILES string of the molecule is c1cn(C2CC2)c(NC2CCC2)n1. The van der Waals surface area contributed by atoms with E-state index in [1.165, 1.54) is 32.1 Å². The summed E-state index contributed by atoms with van der Waals surface area (Å²) in [6.07, 6.45) is 10.7. The van der Waals surface area contributed by atoms with Crippen LogP contribution in [0.15, 0.2) is 12.4 Å². The molecule has 2 aliphatic rings. The maximum Gasteiger partial charge on any atom is 0.203 e. The third-order valence-electron chi connectivity index (χ3n) is 3.05. The van der Waals surface area contributed by atoms with E-state index in [1.807, 2.05) is 6.20 Å². The van der Waals surface area contributed by atoms with Crippen LogP contribution in [-0.4, -0.2) is 15.6 Å². The highest BCUT2D eigenvalue weighted by Gasteiger charge is 2.27. The Morgan fingerprint density at radius 1 is 1.31 bits per heavy atom. The van der Waals surface area contributed by atoms with Crippen LogP contribution in [0, 0.1) is 0 Å². The summed E-state index contributed by atoms with van der Waals surface area (Å²) in [5.74, 6) is 1.09. The van der Waals surface area contributed by atoms with Crippen LogP contribution in [0.5, 0.6) is 0 Å². The number of aromatic nitrogens is 2. The van der Waals surface area contributed by atoms with Crippen molar-refractivity contribution in [2.75, 3.05) is 5.32 Å². The zero-order chi connectivity index (χ0) is 8.67. The average Bonchev–Trinajstić information content (AvgIpc) is 2.79. The van der Waals surface area contributed by atoms with Gasteiger partial charge in [0, 0.05) is 24.5 Å². The fourth-order valence-corrected chi connectivity index (χ4v) is 1.81. The number of imidazole rings is 1. The molecule has 1 heterocycles. The Bertz CT molecular complexity index is 297. The zero-order valence-corrected chi connectivity index (χ0v) is 7.74. The molecular formula is C10H15N3. The summed E-state index contributed by atoms with van der Waals surface area (Å²) in [5.41, 5.74) is 0. The molecule has 0 aliphatic heterocycles. The van der Waals surface area contributed by atoms with E-state index in [0.717, 1.165) is 12.0 Å². The van der Waals surface area contributed by atoms with E-state index in [-0.39, 0.29) is 0 Å². The molecule has 0 aromatic carbocycles. The lowest BCUT2D eigenvalue weighted by Gasteiger charge is -2.27. The molecule has 0 saturated heterocycles. The molecule has 2 saturated carbocycles. The van der Waals surface area contributed by atoms with Crippen LogP contribution in [-0.2, 0) is 0 Å². The van der Waals surface area contributed by atoms with Gasteiger partial charge in [-0.3, -0.25) is 0 Å². The lowest BCUT2D eigenvalue weighted by molar-refractivity contribution is 0.441. The van der Waals surface area contributed by atoms with Crippen LogP contribution in [0.4, 0.5) is 5.95 Å². The van der Waals surface area contributed by atoms with Gasteiger partial charge in [-0.1, -0.05) is 0 Å². The van der Waals surface area contributed by atoms with Crippen LogP contribution < -0.4 is 5.32 Å². The molecule has 0 bridgehead atoms. The van der Waals surface area contributed by atoms with Gasteiger partial charge in [-0.2, -0.15) is 0 Å². The summed E-state index contributed by atoms with van der Waals surface area (Å²) >= 11 is 0. The molecule has 0 unspecified atom stereocenters. The number of anilines is 1. The molecule has 2 aliphatic carbocycles. The molecular weight excluding hydrogens is 162 g/mol. The van der Waals surface area contributed by atoms with E-state index in [0.29, 0.717) is 6.04 Å². The van der Waals surface area contributed by atoms with E-state index in [9.17, 15) is 0 Å². The lowest BCUT2D eigenvalue weighted by atomic mass is 9.93. The van der Waals surface area contributed by atoms with E-state index >= 15 is 0 Å². The number of nitrogens with zero attached hydrogens (tertiary/aromatic N) is 2. The van der Waals surface area contributed by atoms with Crippen molar-refractivity contribution >= 4 is 5.95 Å². The summed E-state index contributed by atoms with van der Waals surface area (Å²) in [6, 6.07) is 1.44. The van der Waals surface area contributed by atoms with Crippen molar-refractivity contribution in [2.24, 2.45) is 0 Å². The standard InChI is InChI=1S/C10H15N3/c1-2-8(3-1)12-10-11-6-7-13(10)9-4-5-9/h6-9H,1-5H2,(H,11,12). The van der Waals surface area contributed by atoms with Gasteiger partial charge in [-0.25, -0.2) is 4.98 Å². The summed E-state index contributed by atoms with van der Waals surface area (Å²) in [6.45, 7) is 0. The van der Waals surface area contributed by atoms with Crippen LogP contribution >= 0.6 is 0 Å². The van der Waals surface area contributed by atoms with Crippen molar-refractivity contribution < 1.29 is 0 Å². The summed E-state index contributed by atoms with van der Waals surface area (Å²) in [5, 5.41) is 3.50. The van der Waals surface area contributed by atoms with Gasteiger partial charge >= 0.3 is 0 Å². The Labute approximate surface area is 78.2 Å². The smallest absolute Gasteiger partial charge is 0.203 e. The third kappa shape index (κ3) is 1.32. The Kier molecular flexibility index (Phi) is 1.57. The molecule has 3 nitrogen and oxygen atoms in total. The van der Waals surface area contributed by atoms with E-state index < -0.39 is 0 Å².